The van der Waals surface area contributed by atoms with Crippen LogP contribution in [0.25, 0.3) is 5.69 Å². The van der Waals surface area contributed by atoms with E-state index in [9.17, 15) is 0 Å². The number of nitriles is 1. The maximum atomic E-state index is 8.81. The third-order valence-electron chi connectivity index (χ3n) is 2.55. The van der Waals surface area contributed by atoms with Gasteiger partial charge in [-0.2, -0.15) is 10.2 Å². The van der Waals surface area contributed by atoms with Crippen molar-refractivity contribution in [2.45, 2.75) is 0 Å². The molecule has 0 atom stereocenters. The van der Waals surface area contributed by atoms with Gasteiger partial charge in [-0.15, -0.1) is 5.10 Å². The zero-order chi connectivity index (χ0) is 13.8. The van der Waals surface area contributed by atoms with Crippen molar-refractivity contribution in [1.82, 2.24) is 19.7 Å². The Labute approximate surface area is 114 Å². The first-order valence-corrected chi connectivity index (χ1v) is 5.86. The first-order valence-electron chi connectivity index (χ1n) is 5.86. The Hall–Kier alpha value is -3.20. The standard InChI is InChI=1S/C14H9N5O/c15-9-11-6-7-16-13(8-11)20-14-17-10-19(18-14)12-4-2-1-3-5-12/h1-8,10H. The Bertz CT molecular complexity index is 760. The van der Waals surface area contributed by atoms with E-state index in [1.807, 2.05) is 36.4 Å². The van der Waals surface area contributed by atoms with Crippen molar-refractivity contribution in [2.24, 2.45) is 0 Å². The molecule has 0 saturated heterocycles. The lowest BCUT2D eigenvalue weighted by Gasteiger charge is -2.00. The van der Waals surface area contributed by atoms with Gasteiger partial charge in [0, 0.05) is 12.3 Å². The van der Waals surface area contributed by atoms with Gasteiger partial charge in [-0.3, -0.25) is 0 Å². The van der Waals surface area contributed by atoms with Crippen LogP contribution in [0.3, 0.4) is 0 Å². The molecule has 2 aromatic heterocycles. The molecule has 20 heavy (non-hydrogen) atoms. The molecule has 6 nitrogen and oxygen atoms in total. The molecular weight excluding hydrogens is 254 g/mol. The highest BCUT2D eigenvalue weighted by atomic mass is 16.5. The molecule has 6 heteroatoms. The topological polar surface area (TPSA) is 76.6 Å². The Morgan fingerprint density at radius 2 is 1.95 bits per heavy atom. The lowest BCUT2D eigenvalue weighted by molar-refractivity contribution is 0.424. The maximum absolute atomic E-state index is 8.81. The minimum atomic E-state index is 0.177. The van der Waals surface area contributed by atoms with E-state index in [0.29, 0.717) is 5.56 Å². The van der Waals surface area contributed by atoms with Gasteiger partial charge in [0.15, 0.2) is 0 Å². The Morgan fingerprint density at radius 1 is 1.10 bits per heavy atom. The monoisotopic (exact) mass is 263 g/mol. The molecule has 0 saturated carbocycles. The minimum Gasteiger partial charge on any atom is -0.404 e. The summed E-state index contributed by atoms with van der Waals surface area (Å²) >= 11 is 0. The summed E-state index contributed by atoms with van der Waals surface area (Å²) in [4.78, 5) is 8.05. The molecule has 0 spiro atoms. The molecule has 0 radical (unpaired) electrons. The van der Waals surface area contributed by atoms with Crippen LogP contribution in [0.1, 0.15) is 5.56 Å². The molecular formula is C14H9N5O. The zero-order valence-electron chi connectivity index (χ0n) is 10.3. The van der Waals surface area contributed by atoms with Crippen LogP contribution in [-0.4, -0.2) is 19.7 Å². The largest absolute Gasteiger partial charge is 0.404 e. The van der Waals surface area contributed by atoms with Crippen molar-refractivity contribution < 1.29 is 4.74 Å². The normalized spacial score (nSPS) is 9.95. The highest BCUT2D eigenvalue weighted by Gasteiger charge is 2.06. The molecule has 0 N–H and O–H groups in total. The minimum absolute atomic E-state index is 0.177. The number of para-hydroxylation sites is 1. The summed E-state index contributed by atoms with van der Waals surface area (Å²) in [5.74, 6) is 0.287. The molecule has 0 unspecified atom stereocenters. The van der Waals surface area contributed by atoms with Crippen LogP contribution in [0, 0.1) is 11.3 Å². The van der Waals surface area contributed by atoms with E-state index >= 15 is 0 Å². The van der Waals surface area contributed by atoms with E-state index in [-0.39, 0.29) is 11.9 Å². The molecule has 0 fully saturated rings. The summed E-state index contributed by atoms with van der Waals surface area (Å²) in [7, 11) is 0. The predicted octanol–water partition coefficient (Wildman–Crippen LogP) is 2.33. The SMILES string of the molecule is N#Cc1ccnc(Oc2ncn(-c3ccccc3)n2)c1. The average molecular weight is 263 g/mol. The molecule has 0 aliphatic carbocycles. The quantitative estimate of drug-likeness (QED) is 0.724. The lowest BCUT2D eigenvalue weighted by atomic mass is 10.3. The fraction of sp³-hybridized carbons (Fsp3) is 0. The summed E-state index contributed by atoms with van der Waals surface area (Å²) in [6.07, 6.45) is 3.06. The molecule has 0 aliphatic heterocycles. The fourth-order valence-electron chi connectivity index (χ4n) is 1.63. The van der Waals surface area contributed by atoms with Crippen molar-refractivity contribution in [3.8, 4) is 23.6 Å². The third-order valence-corrected chi connectivity index (χ3v) is 2.55. The number of aromatic nitrogens is 4. The molecule has 0 amide bonds. The maximum Gasteiger partial charge on any atom is 0.342 e. The van der Waals surface area contributed by atoms with Gasteiger partial charge < -0.3 is 4.74 Å². The van der Waals surface area contributed by atoms with Crippen molar-refractivity contribution in [3.63, 3.8) is 0 Å². The van der Waals surface area contributed by atoms with Crippen molar-refractivity contribution in [3.05, 3.63) is 60.6 Å². The smallest absolute Gasteiger partial charge is 0.342 e. The van der Waals surface area contributed by atoms with Gasteiger partial charge in [-0.1, -0.05) is 18.2 Å². The summed E-state index contributed by atoms with van der Waals surface area (Å²) in [5, 5.41) is 13.0. The van der Waals surface area contributed by atoms with Crippen LogP contribution in [0.5, 0.6) is 11.9 Å². The molecule has 0 bridgehead atoms. The summed E-state index contributed by atoms with van der Waals surface area (Å²) in [6.45, 7) is 0. The van der Waals surface area contributed by atoms with E-state index in [1.54, 1.807) is 17.1 Å². The van der Waals surface area contributed by atoms with Crippen molar-refractivity contribution in [1.29, 1.82) is 5.26 Å². The number of benzene rings is 1. The molecule has 3 aromatic rings. The van der Waals surface area contributed by atoms with Gasteiger partial charge in [0.2, 0.25) is 5.88 Å². The zero-order valence-corrected chi connectivity index (χ0v) is 10.3. The van der Waals surface area contributed by atoms with Crippen LogP contribution in [0.2, 0.25) is 0 Å². The second-order valence-corrected chi connectivity index (χ2v) is 3.90. The van der Waals surface area contributed by atoms with Crippen LogP contribution >= 0.6 is 0 Å². The average Bonchev–Trinajstić information content (AvgIpc) is 2.97. The van der Waals surface area contributed by atoms with E-state index in [1.165, 1.54) is 12.3 Å². The van der Waals surface area contributed by atoms with Crippen molar-refractivity contribution >= 4 is 0 Å². The first-order chi connectivity index (χ1) is 9.85. The fourth-order valence-corrected chi connectivity index (χ4v) is 1.63. The van der Waals surface area contributed by atoms with Crippen molar-refractivity contribution in [2.75, 3.05) is 0 Å². The summed E-state index contributed by atoms with van der Waals surface area (Å²) in [6, 6.07) is 14.9. The van der Waals surface area contributed by atoms with Gasteiger partial charge in [0.05, 0.1) is 17.3 Å². The number of hydrogen-bond acceptors (Lipinski definition) is 5. The molecule has 1 aromatic carbocycles. The van der Waals surface area contributed by atoms with E-state index in [4.69, 9.17) is 10.00 Å². The Balaban J connectivity index is 1.83. The van der Waals surface area contributed by atoms with E-state index in [0.717, 1.165) is 5.69 Å². The van der Waals surface area contributed by atoms with Gasteiger partial charge >= 0.3 is 6.01 Å². The number of ether oxygens (including phenoxy) is 1. The van der Waals surface area contributed by atoms with Gasteiger partial charge in [-0.05, 0) is 18.2 Å². The van der Waals surface area contributed by atoms with Crippen LogP contribution in [-0.2, 0) is 0 Å². The highest BCUT2D eigenvalue weighted by Crippen LogP contribution is 2.16. The Kier molecular flexibility index (Phi) is 3.08. The number of nitrogens with zero attached hydrogens (tertiary/aromatic N) is 5. The van der Waals surface area contributed by atoms with E-state index in [2.05, 4.69) is 15.1 Å². The second kappa shape index (κ2) is 5.20. The molecule has 0 aliphatic rings. The van der Waals surface area contributed by atoms with Crippen LogP contribution in [0.4, 0.5) is 0 Å². The van der Waals surface area contributed by atoms with Crippen LogP contribution < -0.4 is 4.74 Å². The van der Waals surface area contributed by atoms with Gasteiger partial charge in [0.25, 0.3) is 0 Å². The van der Waals surface area contributed by atoms with Gasteiger partial charge in [0.1, 0.15) is 6.33 Å². The second-order valence-electron chi connectivity index (χ2n) is 3.90. The first kappa shape index (κ1) is 11.9. The van der Waals surface area contributed by atoms with Gasteiger partial charge in [-0.25, -0.2) is 9.67 Å². The molecule has 2 heterocycles. The molecule has 96 valence electrons. The van der Waals surface area contributed by atoms with E-state index < -0.39 is 0 Å². The Morgan fingerprint density at radius 3 is 2.75 bits per heavy atom. The number of pyridine rings is 1. The lowest BCUT2D eigenvalue weighted by Crippen LogP contribution is -1.95. The predicted molar refractivity (Wildman–Crippen MR) is 70.4 cm³/mol. The third kappa shape index (κ3) is 2.47. The number of hydrogen-bond donors (Lipinski definition) is 0. The highest BCUT2D eigenvalue weighted by molar-refractivity contribution is 5.32. The summed E-state index contributed by atoms with van der Waals surface area (Å²) in [5.41, 5.74) is 1.35. The number of rotatable bonds is 3. The van der Waals surface area contributed by atoms with Crippen LogP contribution in [0.15, 0.2) is 55.0 Å². The summed E-state index contributed by atoms with van der Waals surface area (Å²) < 4.78 is 7.02. The molecule has 3 rings (SSSR count).